The molecule has 0 bridgehead atoms. The molecule has 0 aromatic rings. The van der Waals surface area contributed by atoms with Gasteiger partial charge < -0.3 is 9.84 Å². The first-order valence-electron chi connectivity index (χ1n) is 11.4. The minimum Gasteiger partial charge on any atom is -0.462 e. The number of cyclic esters (lactones) is 1. The van der Waals surface area contributed by atoms with E-state index in [4.69, 9.17) is 4.74 Å². The maximum absolute atomic E-state index is 11.9. The molecule has 1 rings (SSSR count). The highest BCUT2D eigenvalue weighted by molar-refractivity contribution is 5.70. The first kappa shape index (κ1) is 23.9. The van der Waals surface area contributed by atoms with Crippen LogP contribution in [0, 0.1) is 0 Å². The normalized spacial score (nSPS) is 29.2. The average molecular weight is 379 g/mol. The van der Waals surface area contributed by atoms with Gasteiger partial charge in [0, 0.05) is 6.42 Å². The van der Waals surface area contributed by atoms with Crippen molar-refractivity contribution in [3.05, 3.63) is 24.3 Å². The first-order valence-corrected chi connectivity index (χ1v) is 11.4. The highest BCUT2D eigenvalue weighted by Crippen LogP contribution is 2.14. The fourth-order valence-corrected chi connectivity index (χ4v) is 3.51. The molecule has 0 radical (unpaired) electrons. The zero-order chi connectivity index (χ0) is 19.6. The molecule has 1 aliphatic heterocycles. The SMILES string of the molecule is CC1C/C=C/CC/C=C\CCCCCCCCCCCC[C@@H](O)CC(=O)O1. The molecule has 0 saturated carbocycles. The molecule has 0 fully saturated rings. The molecule has 1 aliphatic rings. The lowest BCUT2D eigenvalue weighted by atomic mass is 10.0. The largest absolute Gasteiger partial charge is 0.462 e. The lowest BCUT2D eigenvalue weighted by Crippen LogP contribution is -2.20. The van der Waals surface area contributed by atoms with Crippen molar-refractivity contribution in [2.45, 2.75) is 122 Å². The number of aliphatic hydroxyl groups is 1. The van der Waals surface area contributed by atoms with Gasteiger partial charge in [-0.3, -0.25) is 4.79 Å². The summed E-state index contributed by atoms with van der Waals surface area (Å²) >= 11 is 0. The van der Waals surface area contributed by atoms with Crippen molar-refractivity contribution < 1.29 is 14.6 Å². The van der Waals surface area contributed by atoms with E-state index in [1.807, 2.05) is 6.92 Å². The van der Waals surface area contributed by atoms with E-state index in [0.717, 1.165) is 32.1 Å². The third-order valence-corrected chi connectivity index (χ3v) is 5.19. The molecule has 1 unspecified atom stereocenters. The van der Waals surface area contributed by atoms with E-state index < -0.39 is 6.10 Å². The van der Waals surface area contributed by atoms with Gasteiger partial charge in [-0.15, -0.1) is 0 Å². The van der Waals surface area contributed by atoms with Crippen LogP contribution in [0.4, 0.5) is 0 Å². The average Bonchev–Trinajstić information content (AvgIpc) is 2.62. The first-order chi connectivity index (χ1) is 13.2. The highest BCUT2D eigenvalue weighted by Gasteiger charge is 2.14. The molecular weight excluding hydrogens is 336 g/mol. The topological polar surface area (TPSA) is 46.5 Å². The van der Waals surface area contributed by atoms with Crippen molar-refractivity contribution in [2.24, 2.45) is 0 Å². The summed E-state index contributed by atoms with van der Waals surface area (Å²) in [6, 6.07) is 0. The molecule has 0 aliphatic carbocycles. The van der Waals surface area contributed by atoms with Crippen molar-refractivity contribution in [3.63, 3.8) is 0 Å². The molecular formula is C24H42O3. The van der Waals surface area contributed by atoms with E-state index in [9.17, 15) is 9.90 Å². The van der Waals surface area contributed by atoms with Gasteiger partial charge in [0.25, 0.3) is 0 Å². The number of esters is 1. The molecule has 0 aromatic carbocycles. The van der Waals surface area contributed by atoms with Gasteiger partial charge in [0.15, 0.2) is 0 Å². The molecule has 156 valence electrons. The van der Waals surface area contributed by atoms with E-state index >= 15 is 0 Å². The quantitative estimate of drug-likeness (QED) is 0.379. The number of rotatable bonds is 0. The van der Waals surface area contributed by atoms with Crippen molar-refractivity contribution in [1.29, 1.82) is 0 Å². The minimum atomic E-state index is -0.558. The Kier molecular flexibility index (Phi) is 15.1. The van der Waals surface area contributed by atoms with Gasteiger partial charge in [-0.05, 0) is 39.0 Å². The third kappa shape index (κ3) is 15.6. The number of ether oxygens (including phenoxy) is 1. The number of aliphatic hydroxyl groups excluding tert-OH is 1. The van der Waals surface area contributed by atoms with Gasteiger partial charge in [0.1, 0.15) is 6.10 Å². The predicted molar refractivity (Wildman–Crippen MR) is 114 cm³/mol. The zero-order valence-electron chi connectivity index (χ0n) is 17.5. The zero-order valence-corrected chi connectivity index (χ0v) is 17.5. The van der Waals surface area contributed by atoms with Crippen molar-refractivity contribution in [2.75, 3.05) is 0 Å². The van der Waals surface area contributed by atoms with Crippen LogP contribution >= 0.6 is 0 Å². The Morgan fingerprint density at radius 1 is 0.778 bits per heavy atom. The number of carbonyl (C=O) groups excluding carboxylic acids is 1. The molecule has 0 aromatic heterocycles. The van der Waals surface area contributed by atoms with Gasteiger partial charge in [0.2, 0.25) is 0 Å². The Hall–Kier alpha value is -1.09. The van der Waals surface area contributed by atoms with Crippen LogP contribution in [0.1, 0.15) is 110 Å². The van der Waals surface area contributed by atoms with Crippen molar-refractivity contribution in [3.8, 4) is 0 Å². The summed E-state index contributed by atoms with van der Waals surface area (Å²) in [4.78, 5) is 11.9. The maximum Gasteiger partial charge on any atom is 0.308 e. The Morgan fingerprint density at radius 3 is 1.96 bits per heavy atom. The summed E-state index contributed by atoms with van der Waals surface area (Å²) in [6.07, 6.45) is 25.9. The summed E-state index contributed by atoms with van der Waals surface area (Å²) in [6.45, 7) is 1.92. The molecule has 3 nitrogen and oxygen atoms in total. The van der Waals surface area contributed by atoms with E-state index in [1.54, 1.807) is 0 Å². The van der Waals surface area contributed by atoms with Crippen LogP contribution in [0.5, 0.6) is 0 Å². The number of hydrogen-bond acceptors (Lipinski definition) is 3. The fourth-order valence-electron chi connectivity index (χ4n) is 3.51. The molecule has 27 heavy (non-hydrogen) atoms. The lowest BCUT2D eigenvalue weighted by molar-refractivity contribution is -0.150. The van der Waals surface area contributed by atoms with Crippen molar-refractivity contribution >= 4 is 5.97 Å². The summed E-state index contributed by atoms with van der Waals surface area (Å²) in [5.74, 6) is -0.277. The molecule has 0 spiro atoms. The smallest absolute Gasteiger partial charge is 0.308 e. The predicted octanol–water partition coefficient (Wildman–Crippen LogP) is 6.65. The molecule has 0 amide bonds. The summed E-state index contributed by atoms with van der Waals surface area (Å²) in [5, 5.41) is 10.0. The Bertz CT molecular complexity index is 414. The van der Waals surface area contributed by atoms with Gasteiger partial charge in [-0.1, -0.05) is 82.1 Å². The molecule has 0 saturated heterocycles. The van der Waals surface area contributed by atoms with Crippen LogP contribution in [-0.4, -0.2) is 23.3 Å². The van der Waals surface area contributed by atoms with Crippen molar-refractivity contribution in [1.82, 2.24) is 0 Å². The second-order valence-corrected chi connectivity index (χ2v) is 8.03. The van der Waals surface area contributed by atoms with Gasteiger partial charge in [-0.25, -0.2) is 0 Å². The van der Waals surface area contributed by atoms with Gasteiger partial charge in [0.05, 0.1) is 12.5 Å². The van der Waals surface area contributed by atoms with Crippen LogP contribution in [-0.2, 0) is 9.53 Å². The Morgan fingerprint density at radius 2 is 1.30 bits per heavy atom. The molecule has 2 atom stereocenters. The Balaban J connectivity index is 2.33. The second-order valence-electron chi connectivity index (χ2n) is 8.03. The highest BCUT2D eigenvalue weighted by atomic mass is 16.5. The van der Waals surface area contributed by atoms with Crippen LogP contribution in [0.2, 0.25) is 0 Å². The molecule has 3 heteroatoms. The van der Waals surface area contributed by atoms with E-state index in [-0.39, 0.29) is 18.5 Å². The summed E-state index contributed by atoms with van der Waals surface area (Å²) in [5.41, 5.74) is 0. The number of allylic oxidation sites excluding steroid dienone is 3. The minimum absolute atomic E-state index is 0.123. The summed E-state index contributed by atoms with van der Waals surface area (Å²) in [7, 11) is 0. The van der Waals surface area contributed by atoms with Crippen LogP contribution in [0.15, 0.2) is 24.3 Å². The summed E-state index contributed by atoms with van der Waals surface area (Å²) < 4.78 is 5.39. The Labute approximate surface area is 167 Å². The lowest BCUT2D eigenvalue weighted by Gasteiger charge is -2.14. The van der Waals surface area contributed by atoms with Gasteiger partial charge in [-0.2, -0.15) is 0 Å². The van der Waals surface area contributed by atoms with Crippen LogP contribution < -0.4 is 0 Å². The van der Waals surface area contributed by atoms with Gasteiger partial charge >= 0.3 is 5.97 Å². The van der Waals surface area contributed by atoms with Crippen LogP contribution in [0.3, 0.4) is 0 Å². The standard InChI is InChI=1S/C24H42O3/c1-22-19-17-15-13-11-9-7-5-3-2-4-6-8-10-12-14-16-18-20-23(25)21-24(26)27-22/h7,9,15,17,22-23,25H,2-6,8,10-14,16,18-21H2,1H3/b9-7-,17-15+/t22?,23-/m1/s1. The maximum atomic E-state index is 11.9. The van der Waals surface area contributed by atoms with E-state index in [2.05, 4.69) is 24.3 Å². The molecule has 1 N–H and O–H groups in total. The number of carbonyl (C=O) groups is 1. The third-order valence-electron chi connectivity index (χ3n) is 5.19. The van der Waals surface area contributed by atoms with E-state index in [0.29, 0.717) is 6.42 Å². The van der Waals surface area contributed by atoms with Crippen LogP contribution in [0.25, 0.3) is 0 Å². The second kappa shape index (κ2) is 17.0. The molecule has 1 heterocycles. The van der Waals surface area contributed by atoms with E-state index in [1.165, 1.54) is 57.8 Å². The fraction of sp³-hybridized carbons (Fsp3) is 0.792. The number of hydrogen-bond donors (Lipinski definition) is 1. The monoisotopic (exact) mass is 378 g/mol.